The summed E-state index contributed by atoms with van der Waals surface area (Å²) in [4.78, 5) is 13.4. The number of carbonyl (C=O) groups is 1. The van der Waals surface area contributed by atoms with Crippen molar-refractivity contribution >= 4 is 21.7 Å². The van der Waals surface area contributed by atoms with Gasteiger partial charge in [0.1, 0.15) is 5.82 Å². The molecule has 0 saturated carbocycles. The first-order chi connectivity index (χ1) is 16.7. The van der Waals surface area contributed by atoms with E-state index >= 15 is 0 Å². The Hall–Kier alpha value is -2.97. The van der Waals surface area contributed by atoms with Crippen molar-refractivity contribution in [1.29, 1.82) is 0 Å². The number of hydrogen-bond donors (Lipinski definition) is 1. The van der Waals surface area contributed by atoms with Crippen LogP contribution in [0, 0.1) is 11.8 Å². The van der Waals surface area contributed by atoms with E-state index in [1.54, 1.807) is 21.1 Å². The number of anilines is 1. The van der Waals surface area contributed by atoms with Gasteiger partial charge in [-0.2, -0.15) is 9.40 Å². The van der Waals surface area contributed by atoms with Crippen molar-refractivity contribution < 1.29 is 13.2 Å². The van der Waals surface area contributed by atoms with Crippen LogP contribution in [0.25, 0.3) is 5.69 Å². The van der Waals surface area contributed by atoms with Gasteiger partial charge in [0.15, 0.2) is 0 Å². The molecule has 1 aliphatic rings. The van der Waals surface area contributed by atoms with Gasteiger partial charge in [-0.25, -0.2) is 13.1 Å². The van der Waals surface area contributed by atoms with E-state index in [4.69, 9.17) is 5.10 Å². The molecular formula is C27H34N4O3S. The maximum atomic E-state index is 13.3. The Morgan fingerprint density at radius 3 is 2.20 bits per heavy atom. The van der Waals surface area contributed by atoms with Crippen LogP contribution in [0.3, 0.4) is 0 Å². The van der Waals surface area contributed by atoms with E-state index in [9.17, 15) is 13.2 Å². The zero-order valence-electron chi connectivity index (χ0n) is 20.9. The Labute approximate surface area is 208 Å². The predicted octanol–water partition coefficient (Wildman–Crippen LogP) is 4.92. The number of aryl methyl sites for hydroxylation is 1. The number of carbonyl (C=O) groups excluding carboxylic acids is 1. The number of benzene rings is 2. The molecule has 2 aromatic carbocycles. The number of rotatable bonds is 9. The highest BCUT2D eigenvalue weighted by molar-refractivity contribution is 7.89. The quantitative estimate of drug-likeness (QED) is 0.458. The summed E-state index contributed by atoms with van der Waals surface area (Å²) in [7, 11) is -3.65. The van der Waals surface area contributed by atoms with Crippen LogP contribution in [0.5, 0.6) is 0 Å². The van der Waals surface area contributed by atoms with Gasteiger partial charge in [0.25, 0.3) is 5.91 Å². The van der Waals surface area contributed by atoms with Crippen LogP contribution in [0.15, 0.2) is 59.5 Å². The predicted molar refractivity (Wildman–Crippen MR) is 138 cm³/mol. The lowest BCUT2D eigenvalue weighted by Crippen LogP contribution is -2.37. The highest BCUT2D eigenvalue weighted by Crippen LogP contribution is 2.31. The molecule has 0 aliphatic heterocycles. The molecular weight excluding hydrogens is 460 g/mol. The third-order valence-corrected chi connectivity index (χ3v) is 7.88. The molecule has 1 N–H and O–H groups in total. The third kappa shape index (κ3) is 5.49. The van der Waals surface area contributed by atoms with Crippen molar-refractivity contribution in [1.82, 2.24) is 14.1 Å². The summed E-state index contributed by atoms with van der Waals surface area (Å²) >= 11 is 0. The van der Waals surface area contributed by atoms with Crippen LogP contribution in [0.4, 0.5) is 5.82 Å². The average Bonchev–Trinajstić information content (AvgIpc) is 3.41. The number of hydrogen-bond acceptors (Lipinski definition) is 4. The average molecular weight is 495 g/mol. The van der Waals surface area contributed by atoms with E-state index < -0.39 is 10.0 Å². The SMILES string of the molecule is CC(C)CN(CC(C)C)S(=O)(=O)c1ccc(C(=O)Nc2c3c(nn2-c2ccccc2)CCC3)cc1. The summed E-state index contributed by atoms with van der Waals surface area (Å²) in [6, 6.07) is 15.9. The maximum Gasteiger partial charge on any atom is 0.256 e. The fraction of sp³-hybridized carbons (Fsp3) is 0.407. The molecule has 7 nitrogen and oxygen atoms in total. The molecule has 0 unspecified atom stereocenters. The Morgan fingerprint density at radius 2 is 1.60 bits per heavy atom. The topological polar surface area (TPSA) is 84.3 Å². The van der Waals surface area contributed by atoms with Crippen LogP contribution < -0.4 is 5.32 Å². The molecule has 0 bridgehead atoms. The Kier molecular flexibility index (Phi) is 7.42. The molecule has 8 heteroatoms. The number of para-hydroxylation sites is 1. The second kappa shape index (κ2) is 10.3. The lowest BCUT2D eigenvalue weighted by molar-refractivity contribution is 0.102. The number of nitrogens with zero attached hydrogens (tertiary/aromatic N) is 3. The number of fused-ring (bicyclic) bond motifs is 1. The fourth-order valence-electron chi connectivity index (χ4n) is 4.47. The normalized spacial score (nSPS) is 13.6. The summed E-state index contributed by atoms with van der Waals surface area (Å²) in [5.74, 6) is 0.821. The van der Waals surface area contributed by atoms with E-state index in [-0.39, 0.29) is 22.6 Å². The van der Waals surface area contributed by atoms with Crippen molar-refractivity contribution in [3.05, 3.63) is 71.4 Å². The van der Waals surface area contributed by atoms with Crippen molar-refractivity contribution in [2.24, 2.45) is 11.8 Å². The van der Waals surface area contributed by atoms with Gasteiger partial charge in [-0.1, -0.05) is 45.9 Å². The number of aromatic nitrogens is 2. The van der Waals surface area contributed by atoms with Gasteiger partial charge in [-0.05, 0) is 67.5 Å². The van der Waals surface area contributed by atoms with Crippen LogP contribution in [-0.4, -0.2) is 41.5 Å². The highest BCUT2D eigenvalue weighted by Gasteiger charge is 2.27. The molecule has 0 atom stereocenters. The summed E-state index contributed by atoms with van der Waals surface area (Å²) in [6.45, 7) is 8.94. The molecule has 1 heterocycles. The molecule has 1 aromatic heterocycles. The molecule has 0 radical (unpaired) electrons. The summed E-state index contributed by atoms with van der Waals surface area (Å²) in [5, 5.41) is 7.78. The summed E-state index contributed by atoms with van der Waals surface area (Å²) in [5.41, 5.74) is 3.37. The highest BCUT2D eigenvalue weighted by atomic mass is 32.2. The van der Waals surface area contributed by atoms with E-state index in [0.29, 0.717) is 24.5 Å². The fourth-order valence-corrected chi connectivity index (χ4v) is 6.24. The van der Waals surface area contributed by atoms with Gasteiger partial charge in [0, 0.05) is 24.2 Å². The third-order valence-electron chi connectivity index (χ3n) is 6.03. The Balaban J connectivity index is 1.58. The van der Waals surface area contributed by atoms with E-state index in [1.807, 2.05) is 58.0 Å². The molecule has 1 aliphatic carbocycles. The van der Waals surface area contributed by atoms with Crippen LogP contribution in [0.2, 0.25) is 0 Å². The minimum Gasteiger partial charge on any atom is -0.306 e. The Bertz CT molecular complexity index is 1270. The van der Waals surface area contributed by atoms with E-state index in [1.165, 1.54) is 12.1 Å². The molecule has 1 amide bonds. The van der Waals surface area contributed by atoms with Crippen molar-refractivity contribution in [2.75, 3.05) is 18.4 Å². The zero-order valence-corrected chi connectivity index (χ0v) is 21.7. The first-order valence-corrected chi connectivity index (χ1v) is 13.7. The number of nitrogens with one attached hydrogen (secondary N) is 1. The van der Waals surface area contributed by atoms with Crippen molar-refractivity contribution in [2.45, 2.75) is 51.9 Å². The number of sulfonamides is 1. The molecule has 4 rings (SSSR count). The summed E-state index contributed by atoms with van der Waals surface area (Å²) in [6.07, 6.45) is 2.79. The van der Waals surface area contributed by atoms with Crippen molar-refractivity contribution in [3.63, 3.8) is 0 Å². The van der Waals surface area contributed by atoms with Gasteiger partial charge in [-0.3, -0.25) is 4.79 Å². The molecule has 0 spiro atoms. The zero-order chi connectivity index (χ0) is 25.2. The van der Waals surface area contributed by atoms with Gasteiger partial charge in [-0.15, -0.1) is 0 Å². The molecule has 0 fully saturated rings. The molecule has 35 heavy (non-hydrogen) atoms. The van der Waals surface area contributed by atoms with E-state index in [0.717, 1.165) is 36.2 Å². The van der Waals surface area contributed by atoms with Gasteiger partial charge < -0.3 is 5.32 Å². The van der Waals surface area contributed by atoms with Crippen LogP contribution in [0.1, 0.15) is 55.7 Å². The maximum absolute atomic E-state index is 13.3. The van der Waals surface area contributed by atoms with Crippen LogP contribution in [-0.2, 0) is 22.9 Å². The van der Waals surface area contributed by atoms with Crippen molar-refractivity contribution in [3.8, 4) is 5.69 Å². The lowest BCUT2D eigenvalue weighted by Gasteiger charge is -2.25. The first-order valence-electron chi connectivity index (χ1n) is 12.2. The first kappa shape index (κ1) is 25.1. The largest absolute Gasteiger partial charge is 0.306 e. The molecule has 0 saturated heterocycles. The Morgan fingerprint density at radius 1 is 0.971 bits per heavy atom. The number of amides is 1. The second-order valence-electron chi connectivity index (χ2n) is 9.96. The molecule has 186 valence electrons. The van der Waals surface area contributed by atoms with Crippen LogP contribution >= 0.6 is 0 Å². The minimum atomic E-state index is -3.65. The standard InChI is InChI=1S/C27H34N4O3S/c1-19(2)17-30(18-20(3)4)35(33,34)23-15-13-21(14-16-23)27(32)28-26-24-11-8-12-25(24)29-31(26)22-9-6-5-7-10-22/h5-7,9-10,13-16,19-20H,8,11-12,17-18H2,1-4H3,(H,28,32). The van der Waals surface area contributed by atoms with E-state index in [2.05, 4.69) is 5.32 Å². The van der Waals surface area contributed by atoms with Gasteiger partial charge in [0.05, 0.1) is 16.3 Å². The van der Waals surface area contributed by atoms with Gasteiger partial charge in [0.2, 0.25) is 10.0 Å². The smallest absolute Gasteiger partial charge is 0.256 e. The monoisotopic (exact) mass is 494 g/mol. The summed E-state index contributed by atoms with van der Waals surface area (Å²) < 4.78 is 29.9. The molecule has 3 aromatic rings. The van der Waals surface area contributed by atoms with Gasteiger partial charge >= 0.3 is 0 Å². The lowest BCUT2D eigenvalue weighted by atomic mass is 10.2. The minimum absolute atomic E-state index is 0.200. The second-order valence-corrected chi connectivity index (χ2v) is 11.9.